The molecule has 0 aromatic heterocycles. The van der Waals surface area contributed by atoms with Crippen molar-refractivity contribution in [1.82, 2.24) is 4.90 Å². The maximum atomic E-state index is 13.0. The van der Waals surface area contributed by atoms with Crippen molar-refractivity contribution in [3.8, 4) is 11.5 Å². The lowest BCUT2D eigenvalue weighted by Crippen LogP contribution is -2.35. The molecular formula is C25H30N2O3S. The number of amidine groups is 1. The molecule has 1 aliphatic rings. The summed E-state index contributed by atoms with van der Waals surface area (Å²) in [5, 5.41) is 0.758. The molecule has 3 rings (SSSR count). The summed E-state index contributed by atoms with van der Waals surface area (Å²) in [7, 11) is 0. The topological polar surface area (TPSA) is 51.1 Å². The predicted octanol–water partition coefficient (Wildman–Crippen LogP) is 5.75. The lowest BCUT2D eigenvalue weighted by Gasteiger charge is -2.20. The van der Waals surface area contributed by atoms with E-state index in [-0.39, 0.29) is 18.0 Å². The third kappa shape index (κ3) is 5.91. The largest absolute Gasteiger partial charge is 0.490 e. The third-order valence-corrected chi connectivity index (χ3v) is 5.52. The number of thioether (sulfide) groups is 1. The number of carbonyl (C=O) groups excluding carboxylic acids is 1. The number of rotatable bonds is 8. The third-order valence-electron chi connectivity index (χ3n) is 4.52. The minimum absolute atomic E-state index is 0.0123. The minimum Gasteiger partial charge on any atom is -0.490 e. The van der Waals surface area contributed by atoms with Gasteiger partial charge in [0, 0.05) is 12.1 Å². The van der Waals surface area contributed by atoms with Gasteiger partial charge in [0.1, 0.15) is 6.61 Å². The molecule has 1 amide bonds. The van der Waals surface area contributed by atoms with Crippen LogP contribution in [0, 0.1) is 0 Å². The Bertz CT molecular complexity index is 968. The zero-order valence-corrected chi connectivity index (χ0v) is 19.6. The Hall–Kier alpha value is -2.73. The minimum atomic E-state index is -0.0123. The number of hydrogen-bond acceptors (Lipinski definition) is 5. The normalized spacial score (nSPS) is 16.7. The Morgan fingerprint density at radius 1 is 1.03 bits per heavy atom. The number of ether oxygens (including phenoxy) is 2. The lowest BCUT2D eigenvalue weighted by molar-refractivity contribution is -0.123. The fourth-order valence-electron chi connectivity index (χ4n) is 3.14. The zero-order valence-electron chi connectivity index (χ0n) is 18.8. The highest BCUT2D eigenvalue weighted by molar-refractivity contribution is 8.18. The molecule has 2 aromatic carbocycles. The van der Waals surface area contributed by atoms with Crippen LogP contribution in [0.1, 0.15) is 45.7 Å². The van der Waals surface area contributed by atoms with Crippen LogP contribution in [0.4, 0.5) is 0 Å². The Labute approximate surface area is 189 Å². The van der Waals surface area contributed by atoms with Crippen LogP contribution in [0.3, 0.4) is 0 Å². The molecule has 5 nitrogen and oxygen atoms in total. The van der Waals surface area contributed by atoms with Gasteiger partial charge in [0.25, 0.3) is 5.91 Å². The average molecular weight is 439 g/mol. The molecule has 0 N–H and O–H groups in total. The Kier molecular flexibility index (Phi) is 7.80. The second kappa shape index (κ2) is 10.5. The van der Waals surface area contributed by atoms with Gasteiger partial charge in [-0.25, -0.2) is 0 Å². The molecule has 1 saturated heterocycles. The molecule has 0 aliphatic carbocycles. The summed E-state index contributed by atoms with van der Waals surface area (Å²) in [6, 6.07) is 16.0. The van der Waals surface area contributed by atoms with Crippen LogP contribution in [-0.2, 0) is 11.4 Å². The van der Waals surface area contributed by atoms with E-state index in [4.69, 9.17) is 9.47 Å². The Morgan fingerprint density at radius 2 is 1.77 bits per heavy atom. The summed E-state index contributed by atoms with van der Waals surface area (Å²) in [5.41, 5.74) is 1.98. The van der Waals surface area contributed by atoms with Crippen LogP contribution in [0.2, 0.25) is 0 Å². The second-order valence-electron chi connectivity index (χ2n) is 7.80. The summed E-state index contributed by atoms with van der Waals surface area (Å²) in [4.78, 5) is 20.0. The zero-order chi connectivity index (χ0) is 22.4. The van der Waals surface area contributed by atoms with Gasteiger partial charge in [-0.05, 0) is 75.7 Å². The van der Waals surface area contributed by atoms with E-state index in [1.807, 2.05) is 89.2 Å². The highest BCUT2D eigenvalue weighted by atomic mass is 32.2. The number of nitrogens with zero attached hydrogens (tertiary/aromatic N) is 2. The van der Waals surface area contributed by atoms with Gasteiger partial charge < -0.3 is 9.47 Å². The SMILES string of the molecule is CCOc1cc(/C=C2/SC(=NC(C)C)N(C(C)C)C2=O)ccc1OCc1ccccc1. The molecule has 6 heteroatoms. The molecular weight excluding hydrogens is 408 g/mol. The van der Waals surface area contributed by atoms with Gasteiger partial charge in [0.05, 0.1) is 11.5 Å². The number of carbonyl (C=O) groups is 1. The molecule has 0 unspecified atom stereocenters. The maximum Gasteiger partial charge on any atom is 0.266 e. The smallest absolute Gasteiger partial charge is 0.266 e. The first-order valence-electron chi connectivity index (χ1n) is 10.6. The fraction of sp³-hybridized carbons (Fsp3) is 0.360. The number of benzene rings is 2. The highest BCUT2D eigenvalue weighted by Gasteiger charge is 2.35. The molecule has 164 valence electrons. The Morgan fingerprint density at radius 3 is 2.42 bits per heavy atom. The molecule has 0 saturated carbocycles. The monoisotopic (exact) mass is 438 g/mol. The van der Waals surface area contributed by atoms with Gasteiger partial charge in [-0.15, -0.1) is 0 Å². The van der Waals surface area contributed by atoms with Gasteiger partial charge in [0.15, 0.2) is 16.7 Å². The second-order valence-corrected chi connectivity index (χ2v) is 8.81. The number of aliphatic imine (C=N–C) groups is 1. The van der Waals surface area contributed by atoms with Crippen LogP contribution >= 0.6 is 11.8 Å². The summed E-state index contributed by atoms with van der Waals surface area (Å²) in [5.74, 6) is 1.34. The molecule has 1 fully saturated rings. The van der Waals surface area contributed by atoms with Gasteiger partial charge in [0.2, 0.25) is 0 Å². The first-order valence-corrected chi connectivity index (χ1v) is 11.4. The van der Waals surface area contributed by atoms with E-state index in [0.717, 1.165) is 16.3 Å². The van der Waals surface area contributed by atoms with E-state index in [1.165, 1.54) is 11.8 Å². The van der Waals surface area contributed by atoms with Gasteiger partial charge in [-0.2, -0.15) is 0 Å². The quantitative estimate of drug-likeness (QED) is 0.492. The van der Waals surface area contributed by atoms with E-state index < -0.39 is 0 Å². The summed E-state index contributed by atoms with van der Waals surface area (Å²) in [6.45, 7) is 11.0. The van der Waals surface area contributed by atoms with Gasteiger partial charge in [-0.1, -0.05) is 36.4 Å². The first kappa shape index (κ1) is 22.9. The first-order chi connectivity index (χ1) is 14.9. The van der Waals surface area contributed by atoms with Crippen molar-refractivity contribution in [3.63, 3.8) is 0 Å². The van der Waals surface area contributed by atoms with E-state index in [0.29, 0.717) is 29.6 Å². The van der Waals surface area contributed by atoms with E-state index >= 15 is 0 Å². The molecule has 0 bridgehead atoms. The van der Waals surface area contributed by atoms with Crippen molar-refractivity contribution < 1.29 is 14.3 Å². The van der Waals surface area contributed by atoms with Crippen LogP contribution in [0.25, 0.3) is 6.08 Å². The van der Waals surface area contributed by atoms with Crippen LogP contribution < -0.4 is 9.47 Å². The number of amides is 1. The fourth-order valence-corrected chi connectivity index (χ4v) is 4.37. The van der Waals surface area contributed by atoms with Gasteiger partial charge in [-0.3, -0.25) is 14.7 Å². The van der Waals surface area contributed by atoms with Crippen LogP contribution in [-0.4, -0.2) is 34.7 Å². The van der Waals surface area contributed by atoms with Crippen LogP contribution in [0.15, 0.2) is 58.4 Å². The molecule has 1 heterocycles. The summed E-state index contributed by atoms with van der Waals surface area (Å²) in [6.07, 6.45) is 1.90. The molecule has 0 atom stereocenters. The molecule has 2 aromatic rings. The van der Waals surface area contributed by atoms with Crippen molar-refractivity contribution >= 4 is 28.9 Å². The van der Waals surface area contributed by atoms with Crippen molar-refractivity contribution in [1.29, 1.82) is 0 Å². The molecule has 31 heavy (non-hydrogen) atoms. The van der Waals surface area contributed by atoms with Crippen molar-refractivity contribution in [2.45, 2.75) is 53.3 Å². The van der Waals surface area contributed by atoms with Crippen LogP contribution in [0.5, 0.6) is 11.5 Å². The van der Waals surface area contributed by atoms with Crippen molar-refractivity contribution in [2.24, 2.45) is 4.99 Å². The molecule has 0 spiro atoms. The standard InChI is InChI=1S/C25H30N2O3S/c1-6-29-22-14-20(12-13-21(22)30-16-19-10-8-7-9-11-19)15-23-24(28)27(18(4)5)25(31-23)26-17(2)3/h7-15,17-18H,6,16H2,1-5H3/b23-15+,26-25?. The molecule has 1 aliphatic heterocycles. The lowest BCUT2D eigenvalue weighted by atomic mass is 10.1. The average Bonchev–Trinajstić information content (AvgIpc) is 3.02. The maximum absolute atomic E-state index is 13.0. The summed E-state index contributed by atoms with van der Waals surface area (Å²) < 4.78 is 11.8. The van der Waals surface area contributed by atoms with Crippen molar-refractivity contribution in [3.05, 3.63) is 64.6 Å². The summed E-state index contributed by atoms with van der Waals surface area (Å²) >= 11 is 1.42. The highest BCUT2D eigenvalue weighted by Crippen LogP contribution is 2.36. The molecule has 0 radical (unpaired) electrons. The van der Waals surface area contributed by atoms with E-state index in [1.54, 1.807) is 4.90 Å². The Balaban J connectivity index is 1.84. The predicted molar refractivity (Wildman–Crippen MR) is 129 cm³/mol. The van der Waals surface area contributed by atoms with E-state index in [9.17, 15) is 4.79 Å². The number of hydrogen-bond donors (Lipinski definition) is 0. The van der Waals surface area contributed by atoms with E-state index in [2.05, 4.69) is 4.99 Å². The van der Waals surface area contributed by atoms with Gasteiger partial charge >= 0.3 is 0 Å². The van der Waals surface area contributed by atoms with Crippen molar-refractivity contribution in [2.75, 3.05) is 6.61 Å².